The van der Waals surface area contributed by atoms with Crippen LogP contribution >= 0.6 is 0 Å². The molecule has 0 spiro atoms. The standard InChI is InChI=1S/C12H19N/c1-9-4-6-12(8-10(9)2)7-5-11(3)13/h4,6,8,11H,5,7,13H2,1-3H3/t11-/m1/s1. The van der Waals surface area contributed by atoms with E-state index in [0.29, 0.717) is 6.04 Å². The quantitative estimate of drug-likeness (QED) is 0.754. The van der Waals surface area contributed by atoms with Gasteiger partial charge in [-0.3, -0.25) is 0 Å². The summed E-state index contributed by atoms with van der Waals surface area (Å²) in [5.74, 6) is 0. The Morgan fingerprint density at radius 1 is 1.23 bits per heavy atom. The van der Waals surface area contributed by atoms with Crippen molar-refractivity contribution in [3.8, 4) is 0 Å². The molecule has 0 aromatic heterocycles. The largest absolute Gasteiger partial charge is 0.328 e. The molecule has 72 valence electrons. The highest BCUT2D eigenvalue weighted by Crippen LogP contribution is 2.11. The van der Waals surface area contributed by atoms with Crippen LogP contribution in [0.3, 0.4) is 0 Å². The lowest BCUT2D eigenvalue weighted by molar-refractivity contribution is 0.666. The van der Waals surface area contributed by atoms with Gasteiger partial charge in [-0.15, -0.1) is 0 Å². The van der Waals surface area contributed by atoms with Crippen LogP contribution in [0, 0.1) is 13.8 Å². The molecule has 2 N–H and O–H groups in total. The minimum atomic E-state index is 0.307. The molecule has 0 amide bonds. The van der Waals surface area contributed by atoms with Gasteiger partial charge in [0.2, 0.25) is 0 Å². The van der Waals surface area contributed by atoms with E-state index in [4.69, 9.17) is 5.73 Å². The predicted molar refractivity (Wildman–Crippen MR) is 57.9 cm³/mol. The summed E-state index contributed by atoms with van der Waals surface area (Å²) in [7, 11) is 0. The van der Waals surface area contributed by atoms with Crippen molar-refractivity contribution in [3.05, 3.63) is 34.9 Å². The zero-order chi connectivity index (χ0) is 9.84. The normalized spacial score (nSPS) is 12.9. The Kier molecular flexibility index (Phi) is 3.49. The average Bonchev–Trinajstić information content (AvgIpc) is 2.07. The second-order valence-corrected chi connectivity index (χ2v) is 3.93. The first-order valence-corrected chi connectivity index (χ1v) is 4.91. The van der Waals surface area contributed by atoms with Crippen LogP contribution in [0.2, 0.25) is 0 Å². The first kappa shape index (κ1) is 10.3. The first-order chi connectivity index (χ1) is 6.09. The fraction of sp³-hybridized carbons (Fsp3) is 0.500. The molecule has 0 aliphatic carbocycles. The van der Waals surface area contributed by atoms with Crippen LogP contribution in [0.1, 0.15) is 30.0 Å². The third kappa shape index (κ3) is 3.19. The maximum absolute atomic E-state index is 5.71. The number of rotatable bonds is 3. The molecule has 0 unspecified atom stereocenters. The van der Waals surface area contributed by atoms with Gasteiger partial charge in [-0.25, -0.2) is 0 Å². The van der Waals surface area contributed by atoms with Crippen LogP contribution in [-0.2, 0) is 6.42 Å². The zero-order valence-corrected chi connectivity index (χ0v) is 8.80. The summed E-state index contributed by atoms with van der Waals surface area (Å²) in [5.41, 5.74) is 9.85. The van der Waals surface area contributed by atoms with Gasteiger partial charge in [-0.1, -0.05) is 18.2 Å². The molecule has 0 radical (unpaired) electrons. The third-order valence-corrected chi connectivity index (χ3v) is 2.46. The third-order valence-electron chi connectivity index (χ3n) is 2.46. The SMILES string of the molecule is Cc1ccc(CC[C@@H](C)N)cc1C. The van der Waals surface area contributed by atoms with E-state index in [1.807, 2.05) is 0 Å². The maximum atomic E-state index is 5.71. The molecular weight excluding hydrogens is 158 g/mol. The lowest BCUT2D eigenvalue weighted by atomic mass is 10.0. The van der Waals surface area contributed by atoms with Gasteiger partial charge in [-0.05, 0) is 50.3 Å². The second-order valence-electron chi connectivity index (χ2n) is 3.93. The lowest BCUT2D eigenvalue weighted by Gasteiger charge is -2.07. The Labute approximate surface area is 81.0 Å². The second kappa shape index (κ2) is 4.43. The summed E-state index contributed by atoms with van der Waals surface area (Å²) >= 11 is 0. The van der Waals surface area contributed by atoms with Crippen LogP contribution in [-0.4, -0.2) is 6.04 Å². The van der Waals surface area contributed by atoms with Crippen molar-refractivity contribution in [3.63, 3.8) is 0 Å². The van der Waals surface area contributed by atoms with Gasteiger partial charge >= 0.3 is 0 Å². The summed E-state index contributed by atoms with van der Waals surface area (Å²) < 4.78 is 0. The minimum Gasteiger partial charge on any atom is -0.328 e. The number of aryl methyl sites for hydroxylation is 3. The van der Waals surface area contributed by atoms with Crippen molar-refractivity contribution in [2.45, 2.75) is 39.7 Å². The molecule has 1 aromatic rings. The molecular formula is C12H19N. The van der Waals surface area contributed by atoms with E-state index in [-0.39, 0.29) is 0 Å². The van der Waals surface area contributed by atoms with E-state index in [1.54, 1.807) is 0 Å². The predicted octanol–water partition coefficient (Wildman–Crippen LogP) is 2.58. The Balaban J connectivity index is 2.63. The molecule has 0 fully saturated rings. The topological polar surface area (TPSA) is 26.0 Å². The highest BCUT2D eigenvalue weighted by Gasteiger charge is 1.98. The van der Waals surface area contributed by atoms with E-state index < -0.39 is 0 Å². The molecule has 1 nitrogen and oxygen atoms in total. The molecule has 1 aromatic carbocycles. The molecule has 1 heteroatoms. The monoisotopic (exact) mass is 177 g/mol. The molecule has 1 rings (SSSR count). The Morgan fingerprint density at radius 3 is 2.46 bits per heavy atom. The van der Waals surface area contributed by atoms with Gasteiger partial charge in [0.25, 0.3) is 0 Å². The van der Waals surface area contributed by atoms with Crippen LogP contribution < -0.4 is 5.73 Å². The summed E-state index contributed by atoms with van der Waals surface area (Å²) in [6.45, 7) is 6.36. The molecule has 0 saturated heterocycles. The van der Waals surface area contributed by atoms with Crippen molar-refractivity contribution in [1.82, 2.24) is 0 Å². The highest BCUT2D eigenvalue weighted by molar-refractivity contribution is 5.29. The lowest BCUT2D eigenvalue weighted by Crippen LogP contribution is -2.15. The maximum Gasteiger partial charge on any atom is 0.00136 e. The smallest absolute Gasteiger partial charge is 0.00136 e. The molecule has 1 atom stereocenters. The molecule has 0 aliphatic rings. The van der Waals surface area contributed by atoms with E-state index in [2.05, 4.69) is 39.0 Å². The molecule has 0 aliphatic heterocycles. The molecule has 0 heterocycles. The highest BCUT2D eigenvalue weighted by atomic mass is 14.6. The Morgan fingerprint density at radius 2 is 1.92 bits per heavy atom. The number of hydrogen-bond acceptors (Lipinski definition) is 1. The van der Waals surface area contributed by atoms with E-state index in [0.717, 1.165) is 12.8 Å². The van der Waals surface area contributed by atoms with Crippen molar-refractivity contribution >= 4 is 0 Å². The average molecular weight is 177 g/mol. The van der Waals surface area contributed by atoms with Gasteiger partial charge in [0.1, 0.15) is 0 Å². The Hall–Kier alpha value is -0.820. The molecule has 0 bridgehead atoms. The van der Waals surface area contributed by atoms with Crippen LogP contribution in [0.15, 0.2) is 18.2 Å². The van der Waals surface area contributed by atoms with Crippen molar-refractivity contribution < 1.29 is 0 Å². The van der Waals surface area contributed by atoms with E-state index >= 15 is 0 Å². The fourth-order valence-corrected chi connectivity index (χ4v) is 1.35. The van der Waals surface area contributed by atoms with Crippen LogP contribution in [0.25, 0.3) is 0 Å². The first-order valence-electron chi connectivity index (χ1n) is 4.91. The summed E-state index contributed by atoms with van der Waals surface area (Å²) in [4.78, 5) is 0. The van der Waals surface area contributed by atoms with Gasteiger partial charge in [0, 0.05) is 6.04 Å². The van der Waals surface area contributed by atoms with Gasteiger partial charge < -0.3 is 5.73 Å². The van der Waals surface area contributed by atoms with E-state index in [1.165, 1.54) is 16.7 Å². The number of benzene rings is 1. The van der Waals surface area contributed by atoms with Crippen LogP contribution in [0.5, 0.6) is 0 Å². The summed E-state index contributed by atoms with van der Waals surface area (Å²) in [6.07, 6.45) is 2.17. The van der Waals surface area contributed by atoms with Crippen molar-refractivity contribution in [2.75, 3.05) is 0 Å². The number of nitrogens with two attached hydrogens (primary N) is 1. The van der Waals surface area contributed by atoms with Gasteiger partial charge in [0.05, 0.1) is 0 Å². The minimum absolute atomic E-state index is 0.307. The van der Waals surface area contributed by atoms with Crippen molar-refractivity contribution in [2.24, 2.45) is 5.73 Å². The summed E-state index contributed by atoms with van der Waals surface area (Å²) in [5, 5.41) is 0. The molecule has 13 heavy (non-hydrogen) atoms. The van der Waals surface area contributed by atoms with Crippen LogP contribution in [0.4, 0.5) is 0 Å². The number of hydrogen-bond donors (Lipinski definition) is 1. The summed E-state index contributed by atoms with van der Waals surface area (Å²) in [6, 6.07) is 6.95. The van der Waals surface area contributed by atoms with Gasteiger partial charge in [-0.2, -0.15) is 0 Å². The zero-order valence-electron chi connectivity index (χ0n) is 8.80. The Bertz CT molecular complexity index is 276. The van der Waals surface area contributed by atoms with E-state index in [9.17, 15) is 0 Å². The molecule has 0 saturated carbocycles. The fourth-order valence-electron chi connectivity index (χ4n) is 1.35. The van der Waals surface area contributed by atoms with Crippen molar-refractivity contribution in [1.29, 1.82) is 0 Å². The van der Waals surface area contributed by atoms with Gasteiger partial charge in [0.15, 0.2) is 0 Å².